The Bertz CT molecular complexity index is 744. The number of benzene rings is 1. The summed E-state index contributed by atoms with van der Waals surface area (Å²) in [5.74, 6) is 0.956. The van der Waals surface area contributed by atoms with Crippen LogP contribution >= 0.6 is 11.6 Å². The number of anilines is 1. The van der Waals surface area contributed by atoms with E-state index in [1.54, 1.807) is 7.11 Å². The van der Waals surface area contributed by atoms with E-state index in [1.165, 1.54) is 11.3 Å². The van der Waals surface area contributed by atoms with Crippen LogP contribution in [0.1, 0.15) is 43.6 Å². The fourth-order valence-corrected chi connectivity index (χ4v) is 4.02. The molecule has 154 valence electrons. The van der Waals surface area contributed by atoms with Crippen LogP contribution in [0.25, 0.3) is 0 Å². The van der Waals surface area contributed by atoms with Gasteiger partial charge in [-0.2, -0.15) is 0 Å². The van der Waals surface area contributed by atoms with Crippen LogP contribution in [0, 0.1) is 6.92 Å². The molecule has 0 saturated carbocycles. The van der Waals surface area contributed by atoms with Gasteiger partial charge in [-0.3, -0.25) is 4.90 Å². The number of ether oxygens (including phenoxy) is 1. The number of aryl methyl sites for hydroxylation is 1. The molecule has 2 heterocycles. The first-order valence-corrected chi connectivity index (χ1v) is 10.5. The van der Waals surface area contributed by atoms with Gasteiger partial charge in [0, 0.05) is 44.0 Å². The summed E-state index contributed by atoms with van der Waals surface area (Å²) in [6.07, 6.45) is 3.40. The second-order valence-electron chi connectivity index (χ2n) is 7.36. The third-order valence-corrected chi connectivity index (χ3v) is 5.70. The average molecular weight is 407 g/mol. The Kier molecular flexibility index (Phi) is 7.65. The molecule has 3 rings (SSSR count). The molecule has 0 bridgehead atoms. The Balaban J connectivity index is 1.71. The monoisotopic (exact) mass is 406 g/mol. The molecule has 1 aliphatic rings. The maximum absolute atomic E-state index is 6.23. The van der Waals surface area contributed by atoms with Crippen LogP contribution in [-0.4, -0.2) is 65.0 Å². The van der Waals surface area contributed by atoms with Crippen LogP contribution < -0.4 is 4.90 Å². The zero-order chi connectivity index (χ0) is 19.9. The summed E-state index contributed by atoms with van der Waals surface area (Å²) in [5.41, 5.74) is 2.51. The van der Waals surface area contributed by atoms with E-state index >= 15 is 0 Å². The summed E-state index contributed by atoms with van der Waals surface area (Å²) < 4.78 is 7.11. The van der Waals surface area contributed by atoms with Crippen LogP contribution in [0.2, 0.25) is 5.02 Å². The number of hydrogen-bond donors (Lipinski definition) is 0. The smallest absolute Gasteiger partial charge is 0.168 e. The maximum atomic E-state index is 6.23. The molecule has 0 radical (unpaired) electrons. The van der Waals surface area contributed by atoms with Gasteiger partial charge in [-0.15, -0.1) is 5.10 Å². The minimum atomic E-state index is 0.245. The highest BCUT2D eigenvalue weighted by Gasteiger charge is 2.29. The fraction of sp³-hybridized carbons (Fsp3) is 0.650. The summed E-state index contributed by atoms with van der Waals surface area (Å²) in [4.78, 5) is 4.96. The SMILES string of the molecule is CCCC[C@H](c1nnnn1CCOC)N1CCN(c2cc(Cl)ccc2C)CC1. The molecule has 28 heavy (non-hydrogen) atoms. The normalized spacial score (nSPS) is 16.5. The maximum Gasteiger partial charge on any atom is 0.168 e. The lowest BCUT2D eigenvalue weighted by atomic mass is 10.1. The summed E-state index contributed by atoms with van der Waals surface area (Å²) in [6.45, 7) is 9.59. The molecule has 1 atom stereocenters. The highest BCUT2D eigenvalue weighted by Crippen LogP contribution is 2.29. The molecule has 1 fully saturated rings. The van der Waals surface area contributed by atoms with Crippen LogP contribution in [0.5, 0.6) is 0 Å². The lowest BCUT2D eigenvalue weighted by Gasteiger charge is -2.40. The van der Waals surface area contributed by atoms with Crippen molar-refractivity contribution in [1.82, 2.24) is 25.1 Å². The highest BCUT2D eigenvalue weighted by molar-refractivity contribution is 6.30. The highest BCUT2D eigenvalue weighted by atomic mass is 35.5. The van der Waals surface area contributed by atoms with Crippen molar-refractivity contribution in [1.29, 1.82) is 0 Å². The molecule has 1 aromatic heterocycles. The molecule has 0 aliphatic carbocycles. The molecule has 0 amide bonds. The van der Waals surface area contributed by atoms with Crippen molar-refractivity contribution in [2.24, 2.45) is 0 Å². The van der Waals surface area contributed by atoms with E-state index < -0.39 is 0 Å². The second kappa shape index (κ2) is 10.2. The quantitative estimate of drug-likeness (QED) is 0.636. The number of piperazine rings is 1. The topological polar surface area (TPSA) is 59.3 Å². The molecule has 1 saturated heterocycles. The number of methoxy groups -OCH3 is 1. The van der Waals surface area contributed by atoms with Crippen LogP contribution in [0.3, 0.4) is 0 Å². The number of halogens is 1. The van der Waals surface area contributed by atoms with Gasteiger partial charge < -0.3 is 9.64 Å². The second-order valence-corrected chi connectivity index (χ2v) is 7.80. The summed E-state index contributed by atoms with van der Waals surface area (Å²) in [5, 5.41) is 13.3. The zero-order valence-electron chi connectivity index (χ0n) is 17.1. The van der Waals surface area contributed by atoms with Crippen LogP contribution in [-0.2, 0) is 11.3 Å². The van der Waals surface area contributed by atoms with Crippen molar-refractivity contribution < 1.29 is 4.74 Å². The zero-order valence-corrected chi connectivity index (χ0v) is 17.9. The van der Waals surface area contributed by atoms with E-state index in [9.17, 15) is 0 Å². The Morgan fingerprint density at radius 1 is 1.21 bits per heavy atom. The molecule has 8 heteroatoms. The third-order valence-electron chi connectivity index (χ3n) is 5.46. The number of hydrogen-bond acceptors (Lipinski definition) is 6. The number of nitrogens with zero attached hydrogens (tertiary/aromatic N) is 6. The number of unbranched alkanes of at least 4 members (excludes halogenated alkanes) is 1. The van der Waals surface area contributed by atoms with Crippen molar-refractivity contribution in [3.8, 4) is 0 Å². The molecular weight excluding hydrogens is 376 g/mol. The lowest BCUT2D eigenvalue weighted by Crippen LogP contribution is -2.48. The van der Waals surface area contributed by atoms with E-state index in [0.717, 1.165) is 56.3 Å². The Morgan fingerprint density at radius 2 is 2.00 bits per heavy atom. The number of rotatable bonds is 9. The van der Waals surface area contributed by atoms with E-state index in [1.807, 2.05) is 10.7 Å². The van der Waals surface area contributed by atoms with Crippen molar-refractivity contribution >= 4 is 17.3 Å². The van der Waals surface area contributed by atoms with E-state index in [-0.39, 0.29) is 6.04 Å². The third kappa shape index (κ3) is 5.01. The van der Waals surface area contributed by atoms with E-state index in [2.05, 4.69) is 51.3 Å². The Morgan fingerprint density at radius 3 is 2.71 bits per heavy atom. The molecular formula is C20H31ClN6O. The van der Waals surface area contributed by atoms with Crippen LogP contribution in [0.15, 0.2) is 18.2 Å². The fourth-order valence-electron chi connectivity index (χ4n) is 3.86. The largest absolute Gasteiger partial charge is 0.383 e. The van der Waals surface area contributed by atoms with Gasteiger partial charge in [-0.25, -0.2) is 4.68 Å². The summed E-state index contributed by atoms with van der Waals surface area (Å²) >= 11 is 6.23. The van der Waals surface area contributed by atoms with Gasteiger partial charge in [0.1, 0.15) is 0 Å². The molecule has 1 aromatic carbocycles. The molecule has 7 nitrogen and oxygen atoms in total. The van der Waals surface area contributed by atoms with Crippen LogP contribution in [0.4, 0.5) is 5.69 Å². The minimum absolute atomic E-state index is 0.245. The van der Waals surface area contributed by atoms with E-state index in [4.69, 9.17) is 16.3 Å². The van der Waals surface area contributed by atoms with Crippen molar-refractivity contribution in [3.63, 3.8) is 0 Å². The van der Waals surface area contributed by atoms with Gasteiger partial charge in [-0.1, -0.05) is 37.4 Å². The first-order chi connectivity index (χ1) is 13.6. The summed E-state index contributed by atoms with van der Waals surface area (Å²) in [7, 11) is 1.70. The van der Waals surface area contributed by atoms with E-state index in [0.29, 0.717) is 13.2 Å². The van der Waals surface area contributed by atoms with Gasteiger partial charge in [-0.05, 0) is 41.5 Å². The first kappa shape index (κ1) is 21.0. The molecule has 0 N–H and O–H groups in total. The first-order valence-electron chi connectivity index (χ1n) is 10.1. The molecule has 1 aliphatic heterocycles. The van der Waals surface area contributed by atoms with Crippen molar-refractivity contribution in [3.05, 3.63) is 34.6 Å². The molecule has 0 unspecified atom stereocenters. The number of aromatic nitrogens is 4. The predicted molar refractivity (Wildman–Crippen MR) is 112 cm³/mol. The van der Waals surface area contributed by atoms with Crippen molar-refractivity contribution in [2.45, 2.75) is 45.7 Å². The van der Waals surface area contributed by atoms with Gasteiger partial charge in [0.05, 0.1) is 19.2 Å². The Labute approximate surface area is 172 Å². The van der Waals surface area contributed by atoms with Crippen molar-refractivity contribution in [2.75, 3.05) is 44.8 Å². The Hall–Kier alpha value is -1.70. The van der Waals surface area contributed by atoms with Gasteiger partial charge >= 0.3 is 0 Å². The van der Waals surface area contributed by atoms with Gasteiger partial charge in [0.2, 0.25) is 0 Å². The predicted octanol–water partition coefficient (Wildman–Crippen LogP) is 3.33. The summed E-state index contributed by atoms with van der Waals surface area (Å²) in [6, 6.07) is 6.37. The standard InChI is InChI=1S/C20H31ClN6O/c1-4-5-6-18(20-22-23-24-27(20)13-14-28-3)25-9-11-26(12-10-25)19-15-17(21)8-7-16(19)2/h7-8,15,18H,4-6,9-14H2,1-3H3/t18-/m1/s1. The minimum Gasteiger partial charge on any atom is -0.383 e. The number of tetrazole rings is 1. The van der Waals surface area contributed by atoms with Gasteiger partial charge in [0.25, 0.3) is 0 Å². The lowest BCUT2D eigenvalue weighted by molar-refractivity contribution is 0.152. The average Bonchev–Trinajstić information content (AvgIpc) is 3.17. The molecule has 2 aromatic rings. The molecule has 0 spiro atoms. The van der Waals surface area contributed by atoms with Gasteiger partial charge in [0.15, 0.2) is 5.82 Å².